The molecule has 1 saturated heterocycles. The van der Waals surface area contributed by atoms with Crippen LogP contribution in [0.5, 0.6) is 0 Å². The molecule has 1 heterocycles. The molecule has 1 aliphatic heterocycles. The fraction of sp³-hybridized carbons (Fsp3) is 0.714. The topological polar surface area (TPSA) is 66.8 Å². The highest BCUT2D eigenvalue weighted by Crippen LogP contribution is 2.45. The van der Waals surface area contributed by atoms with Gasteiger partial charge in [0.05, 0.1) is 0 Å². The summed E-state index contributed by atoms with van der Waals surface area (Å²) in [7, 11) is 2.17. The highest BCUT2D eigenvalue weighted by atomic mass is 16.5. The van der Waals surface area contributed by atoms with Crippen molar-refractivity contribution in [2.75, 3.05) is 20.1 Å². The molecular weight excluding hydrogens is 330 g/mol. The molecule has 0 aromatic carbocycles. The second kappa shape index (κ2) is 8.85. The third-order valence-corrected chi connectivity index (χ3v) is 6.13. The van der Waals surface area contributed by atoms with Crippen molar-refractivity contribution in [2.24, 2.45) is 23.7 Å². The highest BCUT2D eigenvalue weighted by Gasteiger charge is 2.47. The van der Waals surface area contributed by atoms with Crippen molar-refractivity contribution in [3.8, 4) is 0 Å². The Morgan fingerprint density at radius 2 is 1.88 bits per heavy atom. The van der Waals surface area contributed by atoms with Crippen LogP contribution in [0.25, 0.3) is 0 Å². The average Bonchev–Trinajstić information content (AvgIpc) is 2.84. The third kappa shape index (κ3) is 5.19. The second-order valence-electron chi connectivity index (χ2n) is 8.32. The van der Waals surface area contributed by atoms with Gasteiger partial charge >= 0.3 is 11.9 Å². The minimum Gasteiger partial charge on any atom is -0.478 e. The molecule has 5 atom stereocenters. The van der Waals surface area contributed by atoms with Crippen LogP contribution in [0.4, 0.5) is 0 Å². The Kier molecular flexibility index (Phi) is 7.04. The normalized spacial score (nSPS) is 33.0. The van der Waals surface area contributed by atoms with Crippen molar-refractivity contribution in [1.82, 2.24) is 4.90 Å². The van der Waals surface area contributed by atoms with Crippen molar-refractivity contribution in [3.05, 3.63) is 23.3 Å². The standard InChI is InChI=1S/C21H33NO4/c1-13(7-6-8-14(2)21(24)25)9-20(23)26-19-10-17-15(3)11-22(5)12-18(17)16(19)4/h8-9,15-19H,6-7,10-12H2,1-5H3,(H,24,25)/b13-9+,14-8+/t15-,16-,17-,18-,19+/m1/s1. The first-order valence-electron chi connectivity index (χ1n) is 9.65. The summed E-state index contributed by atoms with van der Waals surface area (Å²) in [6.07, 6.45) is 5.50. The number of carboxylic acid groups (broad SMARTS) is 1. The molecule has 5 heteroatoms. The zero-order valence-corrected chi connectivity index (χ0v) is 16.7. The predicted octanol–water partition coefficient (Wildman–Crippen LogP) is 3.51. The first kappa shape index (κ1) is 20.7. The van der Waals surface area contributed by atoms with Crippen LogP contribution in [0, 0.1) is 23.7 Å². The Balaban J connectivity index is 1.87. The number of rotatable bonds is 6. The zero-order valence-electron chi connectivity index (χ0n) is 16.7. The van der Waals surface area contributed by atoms with Gasteiger partial charge in [0.15, 0.2) is 0 Å². The molecule has 0 unspecified atom stereocenters. The van der Waals surface area contributed by atoms with Gasteiger partial charge in [0.2, 0.25) is 0 Å². The summed E-state index contributed by atoms with van der Waals surface area (Å²) in [5.41, 5.74) is 1.25. The lowest BCUT2D eigenvalue weighted by Crippen LogP contribution is -2.42. The molecule has 2 rings (SSSR count). The van der Waals surface area contributed by atoms with Crippen LogP contribution in [0.2, 0.25) is 0 Å². The lowest BCUT2D eigenvalue weighted by atomic mass is 9.79. The van der Waals surface area contributed by atoms with Gasteiger partial charge in [0.1, 0.15) is 6.10 Å². The van der Waals surface area contributed by atoms with Crippen molar-refractivity contribution in [2.45, 2.75) is 53.1 Å². The highest BCUT2D eigenvalue weighted by molar-refractivity contribution is 5.85. The molecule has 2 fully saturated rings. The maximum Gasteiger partial charge on any atom is 0.330 e. The maximum absolute atomic E-state index is 12.3. The third-order valence-electron chi connectivity index (χ3n) is 6.13. The van der Waals surface area contributed by atoms with Gasteiger partial charge in [-0.3, -0.25) is 0 Å². The molecule has 2 aliphatic rings. The van der Waals surface area contributed by atoms with E-state index in [9.17, 15) is 9.59 Å². The van der Waals surface area contributed by atoms with Crippen molar-refractivity contribution in [3.63, 3.8) is 0 Å². The summed E-state index contributed by atoms with van der Waals surface area (Å²) in [6, 6.07) is 0. The summed E-state index contributed by atoms with van der Waals surface area (Å²) < 4.78 is 5.79. The van der Waals surface area contributed by atoms with Crippen LogP contribution < -0.4 is 0 Å². The van der Waals surface area contributed by atoms with Crippen LogP contribution in [-0.4, -0.2) is 48.2 Å². The van der Waals surface area contributed by atoms with E-state index in [1.807, 2.05) is 6.92 Å². The Labute approximate surface area is 157 Å². The van der Waals surface area contributed by atoms with Gasteiger partial charge < -0.3 is 14.7 Å². The maximum atomic E-state index is 12.3. The number of likely N-dealkylation sites (tertiary alicyclic amines) is 1. The van der Waals surface area contributed by atoms with Gasteiger partial charge in [-0.15, -0.1) is 0 Å². The summed E-state index contributed by atoms with van der Waals surface area (Å²) in [5, 5.41) is 8.84. The van der Waals surface area contributed by atoms with Gasteiger partial charge in [0.25, 0.3) is 0 Å². The lowest BCUT2D eigenvalue weighted by molar-refractivity contribution is -0.144. The monoisotopic (exact) mass is 363 g/mol. The predicted molar refractivity (Wildman–Crippen MR) is 102 cm³/mol. The van der Waals surface area contributed by atoms with E-state index >= 15 is 0 Å². The van der Waals surface area contributed by atoms with E-state index in [-0.39, 0.29) is 12.1 Å². The van der Waals surface area contributed by atoms with Gasteiger partial charge in [-0.2, -0.15) is 0 Å². The number of carbonyl (C=O) groups excluding carboxylic acids is 1. The minimum absolute atomic E-state index is 0.00431. The Morgan fingerprint density at radius 1 is 1.19 bits per heavy atom. The molecule has 1 N–H and O–H groups in total. The SMILES string of the molecule is C/C(=C\C(=O)O[C@H]1C[C@H]2[C@H](CN(C)C[C@H]2C)[C@H]1C)CC/C=C(\C)C(=O)O. The number of carboxylic acids is 1. The van der Waals surface area contributed by atoms with Crippen molar-refractivity contribution >= 4 is 11.9 Å². The van der Waals surface area contributed by atoms with E-state index in [0.717, 1.165) is 25.1 Å². The number of allylic oxidation sites excluding steroid dienone is 2. The van der Waals surface area contributed by atoms with Crippen molar-refractivity contribution < 1.29 is 19.4 Å². The molecule has 0 amide bonds. The summed E-state index contributed by atoms with van der Waals surface area (Å²) in [4.78, 5) is 25.5. The van der Waals surface area contributed by atoms with E-state index in [1.54, 1.807) is 19.1 Å². The number of nitrogens with zero attached hydrogens (tertiary/aromatic N) is 1. The molecule has 146 valence electrons. The quantitative estimate of drug-likeness (QED) is 0.578. The Hall–Kier alpha value is -1.62. The fourth-order valence-corrected chi connectivity index (χ4v) is 4.56. The number of aliphatic carboxylic acids is 1. The second-order valence-corrected chi connectivity index (χ2v) is 8.32. The molecule has 26 heavy (non-hydrogen) atoms. The molecule has 0 bridgehead atoms. The van der Waals surface area contributed by atoms with Crippen LogP contribution in [0.3, 0.4) is 0 Å². The number of esters is 1. The molecule has 5 nitrogen and oxygen atoms in total. The first-order valence-corrected chi connectivity index (χ1v) is 9.65. The molecule has 1 aliphatic carbocycles. The first-order chi connectivity index (χ1) is 12.2. The van der Waals surface area contributed by atoms with E-state index < -0.39 is 5.97 Å². The van der Waals surface area contributed by atoms with E-state index in [4.69, 9.17) is 9.84 Å². The van der Waals surface area contributed by atoms with Gasteiger partial charge in [-0.1, -0.05) is 25.5 Å². The summed E-state index contributed by atoms with van der Waals surface area (Å²) >= 11 is 0. The van der Waals surface area contributed by atoms with Crippen molar-refractivity contribution in [1.29, 1.82) is 0 Å². The van der Waals surface area contributed by atoms with Crippen LogP contribution in [-0.2, 0) is 14.3 Å². The molecule has 1 saturated carbocycles. The van der Waals surface area contributed by atoms with Gasteiger partial charge in [-0.25, -0.2) is 9.59 Å². The summed E-state index contributed by atoms with van der Waals surface area (Å²) in [5.74, 6) is 1.12. The number of hydrogen-bond donors (Lipinski definition) is 1. The molecule has 0 aromatic rings. The smallest absolute Gasteiger partial charge is 0.330 e. The van der Waals surface area contributed by atoms with E-state index in [0.29, 0.717) is 42.1 Å². The van der Waals surface area contributed by atoms with E-state index in [2.05, 4.69) is 25.8 Å². The van der Waals surface area contributed by atoms with Crippen LogP contribution >= 0.6 is 0 Å². The number of piperidine rings is 1. The fourth-order valence-electron chi connectivity index (χ4n) is 4.56. The Morgan fingerprint density at radius 3 is 2.54 bits per heavy atom. The lowest BCUT2D eigenvalue weighted by Gasteiger charge is -2.38. The molecule has 0 radical (unpaired) electrons. The van der Waals surface area contributed by atoms with Gasteiger partial charge in [-0.05, 0) is 63.8 Å². The Bertz CT molecular complexity index is 595. The number of hydrogen-bond acceptors (Lipinski definition) is 4. The number of fused-ring (bicyclic) bond motifs is 1. The summed E-state index contributed by atoms with van der Waals surface area (Å²) in [6.45, 7) is 10.2. The number of carbonyl (C=O) groups is 2. The molecule has 0 aromatic heterocycles. The van der Waals surface area contributed by atoms with Crippen LogP contribution in [0.1, 0.15) is 47.0 Å². The average molecular weight is 363 g/mol. The van der Waals surface area contributed by atoms with Gasteiger partial charge in [0, 0.05) is 24.7 Å². The molecule has 0 spiro atoms. The van der Waals surface area contributed by atoms with Crippen LogP contribution in [0.15, 0.2) is 23.3 Å². The van der Waals surface area contributed by atoms with E-state index in [1.165, 1.54) is 0 Å². The molecular formula is C21H33NO4. The zero-order chi connectivity index (χ0) is 19.4. The largest absolute Gasteiger partial charge is 0.478 e. The number of ether oxygens (including phenoxy) is 1. The minimum atomic E-state index is -0.900.